The number of allylic oxidation sites excluding steroid dienone is 1. The van der Waals surface area contributed by atoms with Gasteiger partial charge in [-0.25, -0.2) is 19.2 Å². The Kier molecular flexibility index (Phi) is 21.3. The molecule has 2 aliphatic rings. The summed E-state index contributed by atoms with van der Waals surface area (Å²) in [6, 6.07) is 9.52. The van der Waals surface area contributed by atoms with Crippen molar-refractivity contribution in [1.29, 1.82) is 0 Å². The second-order valence-corrected chi connectivity index (χ2v) is 15.8. The largest absolute Gasteiger partial charge is 0.479 e. The number of benzene rings is 1. The molecule has 2 fully saturated rings. The molecule has 18 heteroatoms. The molecule has 2 heterocycles. The number of aliphatic carboxylic acids is 1. The molecule has 2 saturated heterocycles. The Labute approximate surface area is 369 Å². The highest BCUT2D eigenvalue weighted by Crippen LogP contribution is 2.58. The van der Waals surface area contributed by atoms with Crippen molar-refractivity contribution in [3.63, 3.8) is 0 Å². The Hall–Kier alpha value is -4.27. The molecule has 63 heavy (non-hydrogen) atoms. The van der Waals surface area contributed by atoms with Crippen molar-refractivity contribution in [3.05, 3.63) is 60.2 Å². The molecule has 2 aliphatic heterocycles. The smallest absolute Gasteiger partial charge is 0.346 e. The summed E-state index contributed by atoms with van der Waals surface area (Å²) in [5, 5.41) is 11.0. The van der Waals surface area contributed by atoms with Crippen molar-refractivity contribution in [2.75, 3.05) is 68.5 Å². The summed E-state index contributed by atoms with van der Waals surface area (Å²) in [5.74, 6) is -8.75. The number of carbonyl (C=O) groups is 5. The fraction of sp³-hybridized carbons (Fsp3) is 0.667. The van der Waals surface area contributed by atoms with Crippen LogP contribution < -0.4 is 0 Å². The number of hydrogen-bond donors (Lipinski definition) is 1. The van der Waals surface area contributed by atoms with Crippen LogP contribution in [-0.2, 0) is 87.2 Å². The zero-order chi connectivity index (χ0) is 46.8. The van der Waals surface area contributed by atoms with E-state index in [1.807, 2.05) is 44.2 Å². The van der Waals surface area contributed by atoms with Gasteiger partial charge in [-0.15, -0.1) is 0 Å². The quantitative estimate of drug-likeness (QED) is 0.0295. The van der Waals surface area contributed by atoms with Gasteiger partial charge in [0.2, 0.25) is 17.5 Å². The molecule has 1 aromatic carbocycles. The number of fused-ring (bicyclic) bond motifs is 2. The third-order valence-electron chi connectivity index (χ3n) is 11.1. The first kappa shape index (κ1) is 53.1. The fourth-order valence-corrected chi connectivity index (χ4v) is 7.93. The SMILES string of the molecule is C=C(CC[C@]12O[C@H](C(=O)O)[C@@](OCOCCOC)(C(=O)OC)[C@](C(=O)OC)(O1)[C@H](OC(=O)/C=C/[C@@H](C)C[C@@H](C)CC)[C@H]2OCOCCOC)[C@@H](OC(C)=O)[C@H](C)Cc1ccccc1. The molecule has 0 radical (unpaired) electrons. The van der Waals surface area contributed by atoms with Crippen LogP contribution >= 0.6 is 0 Å². The topological polar surface area (TPSA) is 216 Å². The monoisotopic (exact) mass is 894 g/mol. The van der Waals surface area contributed by atoms with Crippen molar-refractivity contribution >= 4 is 29.8 Å². The van der Waals surface area contributed by atoms with Gasteiger partial charge in [-0.2, -0.15) is 0 Å². The molecular weight excluding hydrogens is 828 g/mol. The fourth-order valence-electron chi connectivity index (χ4n) is 7.93. The maximum Gasteiger partial charge on any atom is 0.346 e. The average Bonchev–Trinajstić information content (AvgIpc) is 3.49. The molecule has 18 nitrogen and oxygen atoms in total. The lowest BCUT2D eigenvalue weighted by Crippen LogP contribution is -2.79. The van der Waals surface area contributed by atoms with E-state index in [2.05, 4.69) is 20.4 Å². The summed E-state index contributed by atoms with van der Waals surface area (Å²) in [6.07, 6.45) is -2.75. The predicted molar refractivity (Wildman–Crippen MR) is 223 cm³/mol. The molecule has 3 rings (SSSR count). The lowest BCUT2D eigenvalue weighted by Gasteiger charge is -2.51. The van der Waals surface area contributed by atoms with Crippen LogP contribution in [0.15, 0.2) is 54.6 Å². The van der Waals surface area contributed by atoms with E-state index in [1.165, 1.54) is 21.1 Å². The highest BCUT2D eigenvalue weighted by Gasteiger charge is 2.87. The number of ether oxygens (including phenoxy) is 12. The minimum Gasteiger partial charge on any atom is -0.479 e. The van der Waals surface area contributed by atoms with Crippen LogP contribution in [0.3, 0.4) is 0 Å². The number of carboxylic acids is 1. The summed E-state index contributed by atoms with van der Waals surface area (Å²) < 4.78 is 69.0. The van der Waals surface area contributed by atoms with Crippen molar-refractivity contribution in [2.45, 2.75) is 108 Å². The Morgan fingerprint density at radius 3 is 2.10 bits per heavy atom. The summed E-state index contributed by atoms with van der Waals surface area (Å²) >= 11 is 0. The molecule has 0 amide bonds. The number of rotatable bonds is 29. The molecule has 0 aromatic heterocycles. The first-order valence-corrected chi connectivity index (χ1v) is 21.0. The normalized spacial score (nSPS) is 26.0. The summed E-state index contributed by atoms with van der Waals surface area (Å²) in [5.41, 5.74) is -4.87. The molecule has 0 unspecified atom stereocenters. The molecule has 0 aliphatic carbocycles. The number of esters is 4. The van der Waals surface area contributed by atoms with Crippen molar-refractivity contribution in [2.24, 2.45) is 17.8 Å². The average molecular weight is 895 g/mol. The highest BCUT2D eigenvalue weighted by atomic mass is 16.8. The van der Waals surface area contributed by atoms with E-state index in [0.29, 0.717) is 17.9 Å². The van der Waals surface area contributed by atoms with Crippen LogP contribution in [0.1, 0.15) is 65.9 Å². The van der Waals surface area contributed by atoms with Crippen LogP contribution in [0.5, 0.6) is 0 Å². The van der Waals surface area contributed by atoms with E-state index in [0.717, 1.165) is 38.7 Å². The van der Waals surface area contributed by atoms with Crippen LogP contribution in [0.25, 0.3) is 0 Å². The number of carbonyl (C=O) groups excluding carboxylic acids is 4. The van der Waals surface area contributed by atoms with Gasteiger partial charge in [0.05, 0.1) is 40.6 Å². The first-order chi connectivity index (χ1) is 30.0. The van der Waals surface area contributed by atoms with E-state index >= 15 is 0 Å². The second-order valence-electron chi connectivity index (χ2n) is 15.8. The van der Waals surface area contributed by atoms with Gasteiger partial charge in [-0.3, -0.25) is 4.79 Å². The van der Waals surface area contributed by atoms with E-state index in [9.17, 15) is 29.1 Å². The van der Waals surface area contributed by atoms with E-state index in [1.54, 1.807) is 6.08 Å². The third-order valence-corrected chi connectivity index (χ3v) is 11.1. The maximum atomic E-state index is 14.7. The third kappa shape index (κ3) is 12.9. The van der Waals surface area contributed by atoms with Crippen LogP contribution in [0, 0.1) is 17.8 Å². The standard InChI is InChI=1S/C45H66O18/c1-11-29(2)25-30(3)17-18-35(47)61-38-37(58-27-56-23-21-52-7)43(20-19-31(4)36(60-33(6)46)32(5)26-34-15-13-12-14-16-34)62-39(40(48)49)44(41(50)54-9,59-28-57-24-22-53-8)45(38,63-43)42(51)55-10/h12-18,29-30,32,36-39H,4,11,19-28H2,1-3,5-10H3,(H,48,49)/b18-17+/t29-,30+,32+,36+,37+,38+,39+,43-,44+,45-/m0/s1. The van der Waals surface area contributed by atoms with Gasteiger partial charge in [0.1, 0.15) is 19.7 Å². The molecular formula is C45H66O18. The van der Waals surface area contributed by atoms with Crippen molar-refractivity contribution in [3.8, 4) is 0 Å². The van der Waals surface area contributed by atoms with Crippen molar-refractivity contribution < 1.29 is 85.9 Å². The predicted octanol–water partition coefficient (Wildman–Crippen LogP) is 4.35. The molecule has 354 valence electrons. The zero-order valence-corrected chi connectivity index (χ0v) is 38.0. The van der Waals surface area contributed by atoms with Crippen LogP contribution in [0.2, 0.25) is 0 Å². The molecule has 0 saturated carbocycles. The Morgan fingerprint density at radius 1 is 0.889 bits per heavy atom. The molecule has 1 N–H and O–H groups in total. The summed E-state index contributed by atoms with van der Waals surface area (Å²) in [4.78, 5) is 69.1. The van der Waals surface area contributed by atoms with Crippen LogP contribution in [-0.4, -0.2) is 145 Å². The molecule has 2 bridgehead atoms. The van der Waals surface area contributed by atoms with E-state index in [-0.39, 0.29) is 51.1 Å². The Morgan fingerprint density at radius 2 is 1.52 bits per heavy atom. The second kappa shape index (κ2) is 25.3. The van der Waals surface area contributed by atoms with E-state index < -0.39 is 84.8 Å². The lowest BCUT2D eigenvalue weighted by atomic mass is 9.74. The zero-order valence-electron chi connectivity index (χ0n) is 38.0. The summed E-state index contributed by atoms with van der Waals surface area (Å²) in [7, 11) is 4.76. The number of hydrogen-bond acceptors (Lipinski definition) is 17. The van der Waals surface area contributed by atoms with Gasteiger partial charge in [0.25, 0.3) is 5.60 Å². The molecule has 10 atom stereocenters. The van der Waals surface area contributed by atoms with Gasteiger partial charge < -0.3 is 61.9 Å². The maximum absolute atomic E-state index is 14.7. The minimum atomic E-state index is -3.15. The van der Waals surface area contributed by atoms with Crippen molar-refractivity contribution in [1.82, 2.24) is 0 Å². The highest BCUT2D eigenvalue weighted by molar-refractivity contribution is 5.99. The van der Waals surface area contributed by atoms with Gasteiger partial charge >= 0.3 is 29.8 Å². The van der Waals surface area contributed by atoms with Crippen LogP contribution in [0.4, 0.5) is 0 Å². The molecule has 0 spiro atoms. The molecule has 1 aromatic rings. The van der Waals surface area contributed by atoms with Gasteiger partial charge in [0.15, 0.2) is 12.2 Å². The Bertz CT molecular complexity index is 1680. The van der Waals surface area contributed by atoms with Gasteiger partial charge in [0, 0.05) is 39.6 Å². The summed E-state index contributed by atoms with van der Waals surface area (Å²) in [6.45, 7) is 12.2. The van der Waals surface area contributed by atoms with Gasteiger partial charge in [-0.05, 0) is 42.2 Å². The number of methoxy groups -OCH3 is 4. The minimum absolute atomic E-state index is 0.0211. The Balaban J connectivity index is 2.31. The van der Waals surface area contributed by atoms with E-state index in [4.69, 9.17) is 56.8 Å². The first-order valence-electron chi connectivity index (χ1n) is 21.0. The lowest BCUT2D eigenvalue weighted by molar-refractivity contribution is -0.389. The van der Waals surface area contributed by atoms with Gasteiger partial charge in [-0.1, -0.05) is 77.1 Å². The number of carboxylic acid groups (broad SMARTS) is 1.